The van der Waals surface area contributed by atoms with Gasteiger partial charge in [-0.25, -0.2) is 9.59 Å². The van der Waals surface area contributed by atoms with Gasteiger partial charge in [-0.2, -0.15) is 0 Å². The van der Waals surface area contributed by atoms with Gasteiger partial charge in [0, 0.05) is 12.6 Å². The number of rotatable bonds is 6. The number of carbonyl (C=O) groups excluding carboxylic acids is 1. The summed E-state index contributed by atoms with van der Waals surface area (Å²) >= 11 is 0. The van der Waals surface area contributed by atoms with E-state index in [1.54, 1.807) is 4.90 Å². The second kappa shape index (κ2) is 5.89. The first-order valence-corrected chi connectivity index (χ1v) is 6.25. The molecule has 0 spiro atoms. The molecule has 1 unspecified atom stereocenters. The zero-order valence-electron chi connectivity index (χ0n) is 10.8. The van der Waals surface area contributed by atoms with Crippen LogP contribution in [-0.2, 0) is 4.79 Å². The molecule has 0 saturated heterocycles. The zero-order valence-corrected chi connectivity index (χ0v) is 10.8. The van der Waals surface area contributed by atoms with Crippen LogP contribution in [0.15, 0.2) is 0 Å². The summed E-state index contributed by atoms with van der Waals surface area (Å²) in [6.45, 7) is 6.43. The number of aliphatic carboxylic acids is 1. The normalized spacial score (nSPS) is 16.7. The van der Waals surface area contributed by atoms with E-state index in [4.69, 9.17) is 5.11 Å². The Bertz CT molecular complexity index is 287. The van der Waals surface area contributed by atoms with Crippen molar-refractivity contribution in [1.82, 2.24) is 10.2 Å². The molecule has 0 radical (unpaired) electrons. The Morgan fingerprint density at radius 3 is 2.35 bits per heavy atom. The molecule has 0 aromatic heterocycles. The first-order valence-electron chi connectivity index (χ1n) is 6.25. The maximum Gasteiger partial charge on any atom is 0.326 e. The fourth-order valence-electron chi connectivity index (χ4n) is 1.88. The SMILES string of the molecule is CCN(C(=O)NC(CC(C)C)C(=O)O)C1CC1. The highest BCUT2D eigenvalue weighted by atomic mass is 16.4. The third-order valence-electron chi connectivity index (χ3n) is 2.89. The summed E-state index contributed by atoms with van der Waals surface area (Å²) in [7, 11) is 0. The van der Waals surface area contributed by atoms with Gasteiger partial charge in [0.15, 0.2) is 0 Å². The minimum Gasteiger partial charge on any atom is -0.480 e. The van der Waals surface area contributed by atoms with Gasteiger partial charge in [-0.15, -0.1) is 0 Å². The lowest BCUT2D eigenvalue weighted by molar-refractivity contribution is -0.139. The summed E-state index contributed by atoms with van der Waals surface area (Å²) < 4.78 is 0. The Labute approximate surface area is 102 Å². The van der Waals surface area contributed by atoms with Crippen molar-refractivity contribution >= 4 is 12.0 Å². The van der Waals surface area contributed by atoms with Crippen LogP contribution in [0.5, 0.6) is 0 Å². The molecule has 0 bridgehead atoms. The maximum absolute atomic E-state index is 11.9. The maximum atomic E-state index is 11.9. The number of nitrogens with zero attached hydrogens (tertiary/aromatic N) is 1. The molecule has 1 aliphatic rings. The number of carbonyl (C=O) groups is 2. The van der Waals surface area contributed by atoms with Gasteiger partial charge in [-0.3, -0.25) is 0 Å². The van der Waals surface area contributed by atoms with Crippen molar-refractivity contribution in [1.29, 1.82) is 0 Å². The first kappa shape index (κ1) is 13.8. The summed E-state index contributed by atoms with van der Waals surface area (Å²) in [5, 5.41) is 11.7. The predicted molar refractivity (Wildman–Crippen MR) is 64.8 cm³/mol. The Kier molecular flexibility index (Phi) is 4.78. The molecule has 0 aromatic carbocycles. The summed E-state index contributed by atoms with van der Waals surface area (Å²) in [6, 6.07) is -0.716. The minimum absolute atomic E-state index is 0.243. The summed E-state index contributed by atoms with van der Waals surface area (Å²) in [4.78, 5) is 24.7. The molecule has 1 saturated carbocycles. The largest absolute Gasteiger partial charge is 0.480 e. The van der Waals surface area contributed by atoms with Gasteiger partial charge >= 0.3 is 12.0 Å². The number of urea groups is 1. The molecule has 5 nitrogen and oxygen atoms in total. The van der Waals surface area contributed by atoms with Crippen LogP contribution in [-0.4, -0.2) is 40.6 Å². The molecule has 1 aliphatic carbocycles. The van der Waals surface area contributed by atoms with Crippen molar-refractivity contribution in [2.75, 3.05) is 6.54 Å². The van der Waals surface area contributed by atoms with Crippen molar-refractivity contribution in [2.45, 2.75) is 52.1 Å². The monoisotopic (exact) mass is 242 g/mol. The quantitative estimate of drug-likeness (QED) is 0.744. The smallest absolute Gasteiger partial charge is 0.326 e. The highest BCUT2D eigenvalue weighted by Gasteiger charge is 2.33. The van der Waals surface area contributed by atoms with E-state index < -0.39 is 12.0 Å². The Morgan fingerprint density at radius 2 is 2.00 bits per heavy atom. The first-order chi connectivity index (χ1) is 7.95. The van der Waals surface area contributed by atoms with E-state index in [9.17, 15) is 9.59 Å². The molecule has 17 heavy (non-hydrogen) atoms. The lowest BCUT2D eigenvalue weighted by Gasteiger charge is -2.24. The van der Waals surface area contributed by atoms with Crippen LogP contribution in [0.2, 0.25) is 0 Å². The summed E-state index contributed by atoms with van der Waals surface area (Å²) in [6.07, 6.45) is 2.52. The van der Waals surface area contributed by atoms with E-state index in [-0.39, 0.29) is 11.9 Å². The average molecular weight is 242 g/mol. The highest BCUT2D eigenvalue weighted by molar-refractivity contribution is 5.82. The zero-order chi connectivity index (χ0) is 13.0. The molecule has 0 aromatic rings. The lowest BCUT2D eigenvalue weighted by atomic mass is 10.0. The van der Waals surface area contributed by atoms with E-state index in [1.165, 1.54) is 0 Å². The molecule has 2 amide bonds. The highest BCUT2D eigenvalue weighted by Crippen LogP contribution is 2.26. The van der Waals surface area contributed by atoms with Crippen molar-refractivity contribution in [3.05, 3.63) is 0 Å². The van der Waals surface area contributed by atoms with Gasteiger partial charge in [-0.1, -0.05) is 13.8 Å². The second-order valence-electron chi connectivity index (χ2n) is 4.99. The van der Waals surface area contributed by atoms with Crippen molar-refractivity contribution in [3.63, 3.8) is 0 Å². The molecule has 0 heterocycles. The van der Waals surface area contributed by atoms with Crippen LogP contribution in [0.25, 0.3) is 0 Å². The van der Waals surface area contributed by atoms with Gasteiger partial charge < -0.3 is 15.3 Å². The molecule has 0 aliphatic heterocycles. The summed E-state index contributed by atoms with van der Waals surface area (Å²) in [5.74, 6) is -0.716. The van der Waals surface area contributed by atoms with Crippen LogP contribution >= 0.6 is 0 Å². The molecule has 5 heteroatoms. The number of carboxylic acid groups (broad SMARTS) is 1. The molecular weight excluding hydrogens is 220 g/mol. The van der Waals surface area contributed by atoms with Gasteiger partial charge in [0.2, 0.25) is 0 Å². The number of hydrogen-bond donors (Lipinski definition) is 2. The predicted octanol–water partition coefficient (Wildman–Crippen LogP) is 1.68. The molecule has 2 N–H and O–H groups in total. The molecule has 1 rings (SSSR count). The Morgan fingerprint density at radius 1 is 1.41 bits per heavy atom. The Balaban J connectivity index is 2.53. The van der Waals surface area contributed by atoms with Gasteiger partial charge in [0.05, 0.1) is 0 Å². The van der Waals surface area contributed by atoms with Crippen LogP contribution in [0.1, 0.15) is 40.0 Å². The van der Waals surface area contributed by atoms with Crippen molar-refractivity contribution in [2.24, 2.45) is 5.92 Å². The van der Waals surface area contributed by atoms with E-state index in [2.05, 4.69) is 5.32 Å². The van der Waals surface area contributed by atoms with E-state index in [0.717, 1.165) is 12.8 Å². The van der Waals surface area contributed by atoms with E-state index >= 15 is 0 Å². The fraction of sp³-hybridized carbons (Fsp3) is 0.833. The van der Waals surface area contributed by atoms with Gasteiger partial charge in [-0.05, 0) is 32.1 Å². The van der Waals surface area contributed by atoms with E-state index in [1.807, 2.05) is 20.8 Å². The van der Waals surface area contributed by atoms with Gasteiger partial charge in [0.25, 0.3) is 0 Å². The Hall–Kier alpha value is -1.26. The molecule has 1 fully saturated rings. The third kappa shape index (κ3) is 4.24. The van der Waals surface area contributed by atoms with Crippen LogP contribution in [0.4, 0.5) is 4.79 Å². The van der Waals surface area contributed by atoms with Crippen LogP contribution < -0.4 is 5.32 Å². The molecule has 1 atom stereocenters. The number of carboxylic acids is 1. The second-order valence-corrected chi connectivity index (χ2v) is 4.99. The standard InChI is InChI=1S/C12H22N2O3/c1-4-14(9-5-6-9)12(17)13-10(11(15)16)7-8(2)3/h8-10H,4-7H2,1-3H3,(H,13,17)(H,15,16). The third-order valence-corrected chi connectivity index (χ3v) is 2.89. The van der Waals surface area contributed by atoms with Crippen LogP contribution in [0, 0.1) is 5.92 Å². The van der Waals surface area contributed by atoms with Gasteiger partial charge in [0.1, 0.15) is 6.04 Å². The number of amides is 2. The fourth-order valence-corrected chi connectivity index (χ4v) is 1.88. The topological polar surface area (TPSA) is 69.6 Å². The lowest BCUT2D eigenvalue weighted by Crippen LogP contribution is -2.49. The minimum atomic E-state index is -0.959. The molecular formula is C12H22N2O3. The number of nitrogens with one attached hydrogen (secondary N) is 1. The molecule has 98 valence electrons. The average Bonchev–Trinajstić information content (AvgIpc) is 3.01. The number of hydrogen-bond acceptors (Lipinski definition) is 2. The van der Waals surface area contributed by atoms with Crippen molar-refractivity contribution < 1.29 is 14.7 Å². The van der Waals surface area contributed by atoms with E-state index in [0.29, 0.717) is 19.0 Å². The van der Waals surface area contributed by atoms with Crippen molar-refractivity contribution in [3.8, 4) is 0 Å². The van der Waals surface area contributed by atoms with Crippen LogP contribution in [0.3, 0.4) is 0 Å². The summed E-state index contributed by atoms with van der Waals surface area (Å²) in [5.41, 5.74) is 0.